The fourth-order valence-corrected chi connectivity index (χ4v) is 2.45. The topological polar surface area (TPSA) is 66.5 Å². The summed E-state index contributed by atoms with van der Waals surface area (Å²) in [6.45, 7) is 0. The van der Waals surface area contributed by atoms with Crippen molar-refractivity contribution in [2.24, 2.45) is 0 Å². The van der Waals surface area contributed by atoms with Crippen molar-refractivity contribution in [3.8, 4) is 0 Å². The van der Waals surface area contributed by atoms with Crippen LogP contribution in [0, 0.1) is 17.5 Å². The van der Waals surface area contributed by atoms with Gasteiger partial charge in [-0.2, -0.15) is 0 Å². The molecule has 0 atom stereocenters. The van der Waals surface area contributed by atoms with E-state index in [1.807, 2.05) is 0 Å². The fraction of sp³-hybridized carbons (Fsp3) is 0.133. The highest BCUT2D eigenvalue weighted by molar-refractivity contribution is 7.92. The molecular weight excluding hydrogens is 345 g/mol. The van der Waals surface area contributed by atoms with Crippen LogP contribution in [0.4, 0.5) is 24.5 Å². The second kappa shape index (κ2) is 6.52. The van der Waals surface area contributed by atoms with Crippen LogP contribution >= 0.6 is 0 Å². The number of hydrogen-bond donors (Lipinski definition) is 1. The normalized spacial score (nSPS) is 11.2. The van der Waals surface area contributed by atoms with E-state index in [2.05, 4.69) is 5.32 Å². The van der Waals surface area contributed by atoms with E-state index in [0.717, 1.165) is 16.6 Å². The summed E-state index contributed by atoms with van der Waals surface area (Å²) in [7, 11) is -2.39. The molecule has 0 saturated heterocycles. The van der Waals surface area contributed by atoms with Crippen LogP contribution in [-0.4, -0.2) is 27.6 Å². The van der Waals surface area contributed by atoms with Crippen molar-refractivity contribution in [2.45, 2.75) is 0 Å². The van der Waals surface area contributed by atoms with Crippen LogP contribution in [0.5, 0.6) is 0 Å². The molecule has 0 aromatic heterocycles. The predicted molar refractivity (Wildman–Crippen MR) is 84.0 cm³/mol. The van der Waals surface area contributed by atoms with Gasteiger partial charge in [0.05, 0.1) is 23.2 Å². The van der Waals surface area contributed by atoms with Gasteiger partial charge in [-0.3, -0.25) is 9.10 Å². The van der Waals surface area contributed by atoms with Crippen LogP contribution in [-0.2, 0) is 10.0 Å². The average Bonchev–Trinajstić information content (AvgIpc) is 2.53. The molecule has 1 amide bonds. The molecule has 0 bridgehead atoms. The minimum atomic E-state index is -3.64. The Balaban J connectivity index is 2.40. The molecule has 0 radical (unpaired) electrons. The van der Waals surface area contributed by atoms with Crippen molar-refractivity contribution in [2.75, 3.05) is 22.9 Å². The van der Waals surface area contributed by atoms with Gasteiger partial charge in [-0.15, -0.1) is 0 Å². The number of para-hydroxylation sites is 1. The van der Waals surface area contributed by atoms with Gasteiger partial charge in [0.15, 0.2) is 17.5 Å². The minimum Gasteiger partial charge on any atom is -0.319 e. The maximum atomic E-state index is 13.7. The minimum absolute atomic E-state index is 0.0560. The van der Waals surface area contributed by atoms with Crippen molar-refractivity contribution < 1.29 is 26.4 Å². The third-order valence-corrected chi connectivity index (χ3v) is 4.46. The summed E-state index contributed by atoms with van der Waals surface area (Å²) in [6, 6.07) is 7.25. The number of rotatable bonds is 4. The number of halogens is 3. The smallest absolute Gasteiger partial charge is 0.257 e. The maximum absolute atomic E-state index is 13.7. The van der Waals surface area contributed by atoms with E-state index in [4.69, 9.17) is 0 Å². The molecule has 9 heteroatoms. The molecular formula is C15H13F3N2O3S. The summed E-state index contributed by atoms with van der Waals surface area (Å²) in [5.41, 5.74) is -0.578. The molecule has 0 heterocycles. The second-order valence-corrected chi connectivity index (χ2v) is 6.94. The van der Waals surface area contributed by atoms with Gasteiger partial charge in [-0.25, -0.2) is 21.6 Å². The van der Waals surface area contributed by atoms with Crippen LogP contribution in [0.25, 0.3) is 0 Å². The van der Waals surface area contributed by atoms with Crippen molar-refractivity contribution in [1.29, 1.82) is 0 Å². The molecule has 0 aliphatic carbocycles. The number of nitrogens with one attached hydrogen (secondary N) is 1. The summed E-state index contributed by atoms with van der Waals surface area (Å²) in [4.78, 5) is 12.3. The third-order valence-electron chi connectivity index (χ3n) is 3.27. The Labute approximate surface area is 136 Å². The van der Waals surface area contributed by atoms with Gasteiger partial charge in [0, 0.05) is 7.05 Å². The summed E-state index contributed by atoms with van der Waals surface area (Å²) >= 11 is 0. The SMILES string of the molecule is CN(c1ccccc1C(=O)Nc1ccc(F)c(F)c1F)S(C)(=O)=O. The standard InChI is InChI=1S/C15H13F3N2O3S/c1-20(24(2,22)23)12-6-4-3-5-9(12)15(21)19-11-8-7-10(16)13(17)14(11)18/h3-8H,1-2H3,(H,19,21). The van der Waals surface area contributed by atoms with E-state index in [1.54, 1.807) is 0 Å². The first-order chi connectivity index (χ1) is 11.1. The quantitative estimate of drug-likeness (QED) is 0.855. The Bertz CT molecular complexity index is 901. The van der Waals surface area contributed by atoms with E-state index in [1.165, 1.54) is 31.3 Å². The van der Waals surface area contributed by atoms with Crippen molar-refractivity contribution >= 4 is 27.3 Å². The first-order valence-corrected chi connectivity index (χ1v) is 8.45. The van der Waals surface area contributed by atoms with Gasteiger partial charge < -0.3 is 5.32 Å². The molecule has 2 aromatic carbocycles. The summed E-state index contributed by atoms with van der Waals surface area (Å²) < 4.78 is 64.0. The van der Waals surface area contributed by atoms with Crippen molar-refractivity contribution in [1.82, 2.24) is 0 Å². The monoisotopic (exact) mass is 358 g/mol. The van der Waals surface area contributed by atoms with E-state index < -0.39 is 39.1 Å². The van der Waals surface area contributed by atoms with Gasteiger partial charge in [-0.05, 0) is 24.3 Å². The lowest BCUT2D eigenvalue weighted by molar-refractivity contribution is 0.102. The fourth-order valence-electron chi connectivity index (χ4n) is 1.93. The molecule has 5 nitrogen and oxygen atoms in total. The van der Waals surface area contributed by atoms with E-state index in [9.17, 15) is 26.4 Å². The molecule has 2 aromatic rings. The Morgan fingerprint density at radius 1 is 1.04 bits per heavy atom. The molecule has 0 saturated carbocycles. The Morgan fingerprint density at radius 2 is 1.67 bits per heavy atom. The largest absolute Gasteiger partial charge is 0.319 e. The van der Waals surface area contributed by atoms with Gasteiger partial charge in [0.2, 0.25) is 10.0 Å². The van der Waals surface area contributed by atoms with Crippen molar-refractivity contribution in [3.63, 3.8) is 0 Å². The number of nitrogens with zero attached hydrogens (tertiary/aromatic N) is 1. The van der Waals surface area contributed by atoms with E-state index in [0.29, 0.717) is 6.07 Å². The van der Waals surface area contributed by atoms with Gasteiger partial charge in [-0.1, -0.05) is 12.1 Å². The van der Waals surface area contributed by atoms with Crippen LogP contribution in [0.1, 0.15) is 10.4 Å². The lowest BCUT2D eigenvalue weighted by Crippen LogP contribution is -2.27. The van der Waals surface area contributed by atoms with Crippen molar-refractivity contribution in [3.05, 3.63) is 59.4 Å². The molecule has 0 aliphatic rings. The number of sulfonamides is 1. The summed E-state index contributed by atoms with van der Waals surface area (Å²) in [5, 5.41) is 2.10. The van der Waals surface area contributed by atoms with E-state index in [-0.39, 0.29) is 11.3 Å². The predicted octanol–water partition coefficient (Wildman–Crippen LogP) is 2.75. The first-order valence-electron chi connectivity index (χ1n) is 6.60. The number of anilines is 2. The highest BCUT2D eigenvalue weighted by Gasteiger charge is 2.21. The molecule has 0 aliphatic heterocycles. The Kier molecular flexibility index (Phi) is 4.83. The maximum Gasteiger partial charge on any atom is 0.257 e. The number of carbonyl (C=O) groups excluding carboxylic acids is 1. The zero-order chi connectivity index (χ0) is 18.1. The summed E-state index contributed by atoms with van der Waals surface area (Å²) in [6.07, 6.45) is 0.955. The molecule has 128 valence electrons. The zero-order valence-corrected chi connectivity index (χ0v) is 13.5. The third kappa shape index (κ3) is 3.51. The first kappa shape index (κ1) is 17.8. The van der Waals surface area contributed by atoms with Gasteiger partial charge in [0.25, 0.3) is 5.91 Å². The van der Waals surface area contributed by atoms with Gasteiger partial charge in [0.1, 0.15) is 0 Å². The molecule has 1 N–H and O–H groups in total. The number of carbonyl (C=O) groups is 1. The Hall–Kier alpha value is -2.55. The van der Waals surface area contributed by atoms with Gasteiger partial charge >= 0.3 is 0 Å². The average molecular weight is 358 g/mol. The molecule has 0 fully saturated rings. The molecule has 24 heavy (non-hydrogen) atoms. The number of amides is 1. The molecule has 0 spiro atoms. The van der Waals surface area contributed by atoms with Crippen LogP contribution in [0.15, 0.2) is 36.4 Å². The number of hydrogen-bond acceptors (Lipinski definition) is 3. The lowest BCUT2D eigenvalue weighted by atomic mass is 10.1. The van der Waals surface area contributed by atoms with Crippen LogP contribution in [0.2, 0.25) is 0 Å². The Morgan fingerprint density at radius 3 is 2.29 bits per heavy atom. The summed E-state index contributed by atoms with van der Waals surface area (Å²) in [5.74, 6) is -5.51. The zero-order valence-electron chi connectivity index (χ0n) is 12.7. The molecule has 0 unspecified atom stereocenters. The van der Waals surface area contributed by atoms with Crippen LogP contribution in [0.3, 0.4) is 0 Å². The van der Waals surface area contributed by atoms with Crippen LogP contribution < -0.4 is 9.62 Å². The lowest BCUT2D eigenvalue weighted by Gasteiger charge is -2.19. The second-order valence-electron chi connectivity index (χ2n) is 4.92. The molecule has 2 rings (SSSR count). The number of benzene rings is 2. The van der Waals surface area contributed by atoms with E-state index >= 15 is 0 Å². The highest BCUT2D eigenvalue weighted by atomic mass is 32.2. The highest BCUT2D eigenvalue weighted by Crippen LogP contribution is 2.24.